The zero-order valence-electron chi connectivity index (χ0n) is 20.5. The molecule has 1 amide bonds. The second kappa shape index (κ2) is 10.4. The Morgan fingerprint density at radius 2 is 1.76 bits per heavy atom. The van der Waals surface area contributed by atoms with Gasteiger partial charge in [-0.05, 0) is 61.2 Å². The van der Waals surface area contributed by atoms with Crippen molar-refractivity contribution in [1.82, 2.24) is 9.78 Å². The molecule has 0 aliphatic heterocycles. The van der Waals surface area contributed by atoms with E-state index in [1.807, 2.05) is 50.5 Å². The largest absolute Gasteiger partial charge is 0.497 e. The summed E-state index contributed by atoms with van der Waals surface area (Å²) in [4.78, 5) is 15.1. The van der Waals surface area contributed by atoms with Crippen LogP contribution in [0.15, 0.2) is 48.8 Å². The third-order valence-electron chi connectivity index (χ3n) is 5.74. The van der Waals surface area contributed by atoms with Crippen LogP contribution in [0.2, 0.25) is 0 Å². The first kappa shape index (κ1) is 24.2. The summed E-state index contributed by atoms with van der Waals surface area (Å²) in [6.45, 7) is 8.22. The molecule has 0 aliphatic carbocycles. The molecule has 0 spiro atoms. The van der Waals surface area contributed by atoms with Gasteiger partial charge in [-0.2, -0.15) is 5.10 Å². The van der Waals surface area contributed by atoms with Gasteiger partial charge >= 0.3 is 0 Å². The molecule has 7 heteroatoms. The van der Waals surface area contributed by atoms with Crippen molar-refractivity contribution in [3.8, 4) is 17.2 Å². The lowest BCUT2D eigenvalue weighted by atomic mass is 9.98. The number of carbonyl (C=O) groups is 1. The quantitative estimate of drug-likeness (QED) is 0.456. The molecular formula is C26H33N3O4. The summed E-state index contributed by atoms with van der Waals surface area (Å²) < 4.78 is 18.5. The molecule has 1 atom stereocenters. The van der Waals surface area contributed by atoms with Crippen LogP contribution in [0.3, 0.4) is 0 Å². The molecule has 176 valence electrons. The van der Waals surface area contributed by atoms with Crippen molar-refractivity contribution in [2.24, 2.45) is 7.05 Å². The first-order valence-corrected chi connectivity index (χ1v) is 11.0. The molecule has 1 heterocycles. The molecule has 0 aliphatic rings. The molecule has 0 saturated heterocycles. The van der Waals surface area contributed by atoms with E-state index < -0.39 is 0 Å². The maximum atomic E-state index is 13.4. The van der Waals surface area contributed by atoms with E-state index in [1.165, 1.54) is 5.56 Å². The third kappa shape index (κ3) is 5.48. The molecule has 0 N–H and O–H groups in total. The molecule has 1 aromatic heterocycles. The summed E-state index contributed by atoms with van der Waals surface area (Å²) in [6, 6.07) is 11.2. The molecule has 3 rings (SSSR count). The van der Waals surface area contributed by atoms with Crippen LogP contribution in [0.5, 0.6) is 17.2 Å². The first-order chi connectivity index (χ1) is 15.7. The fourth-order valence-electron chi connectivity index (χ4n) is 4.02. The Morgan fingerprint density at radius 3 is 2.33 bits per heavy atom. The van der Waals surface area contributed by atoms with Gasteiger partial charge in [0.15, 0.2) is 6.61 Å². The van der Waals surface area contributed by atoms with Gasteiger partial charge in [0, 0.05) is 18.8 Å². The molecule has 0 saturated carbocycles. The van der Waals surface area contributed by atoms with Crippen molar-refractivity contribution in [3.05, 3.63) is 65.5 Å². The fourth-order valence-corrected chi connectivity index (χ4v) is 4.02. The molecule has 1 unspecified atom stereocenters. The molecular weight excluding hydrogens is 418 g/mol. The van der Waals surface area contributed by atoms with Crippen LogP contribution in [0.1, 0.15) is 49.4 Å². The Morgan fingerprint density at radius 1 is 1.03 bits per heavy atom. The van der Waals surface area contributed by atoms with Crippen molar-refractivity contribution in [2.45, 2.75) is 39.7 Å². The molecule has 2 aromatic carbocycles. The Balaban J connectivity index is 1.89. The molecule has 0 fully saturated rings. The summed E-state index contributed by atoms with van der Waals surface area (Å²) in [5.41, 5.74) is 3.92. The lowest BCUT2D eigenvalue weighted by Gasteiger charge is -2.29. The molecule has 7 nitrogen and oxygen atoms in total. The zero-order valence-corrected chi connectivity index (χ0v) is 20.5. The van der Waals surface area contributed by atoms with E-state index in [2.05, 4.69) is 31.9 Å². The van der Waals surface area contributed by atoms with E-state index in [1.54, 1.807) is 30.0 Å². The van der Waals surface area contributed by atoms with E-state index in [-0.39, 0.29) is 18.6 Å². The molecule has 3 aromatic rings. The van der Waals surface area contributed by atoms with Crippen molar-refractivity contribution in [3.63, 3.8) is 0 Å². The van der Waals surface area contributed by atoms with Crippen molar-refractivity contribution in [1.29, 1.82) is 0 Å². The number of ether oxygens (including phenoxy) is 3. The lowest BCUT2D eigenvalue weighted by Crippen LogP contribution is -2.37. The number of aromatic nitrogens is 2. The first-order valence-electron chi connectivity index (χ1n) is 11.0. The van der Waals surface area contributed by atoms with E-state index >= 15 is 0 Å². The highest BCUT2D eigenvalue weighted by Gasteiger charge is 2.27. The van der Waals surface area contributed by atoms with E-state index in [4.69, 9.17) is 14.2 Å². The number of carbonyl (C=O) groups excluding carboxylic acids is 1. The van der Waals surface area contributed by atoms with Gasteiger partial charge in [-0.1, -0.05) is 19.9 Å². The maximum absolute atomic E-state index is 13.4. The number of aryl methyl sites for hydroxylation is 2. The minimum atomic E-state index is -0.347. The van der Waals surface area contributed by atoms with Gasteiger partial charge in [-0.3, -0.25) is 14.4 Å². The highest BCUT2D eigenvalue weighted by atomic mass is 16.5. The van der Waals surface area contributed by atoms with Crippen LogP contribution < -0.4 is 19.1 Å². The number of hydrogen-bond acceptors (Lipinski definition) is 5. The van der Waals surface area contributed by atoms with Crippen LogP contribution >= 0.6 is 0 Å². The second-order valence-corrected chi connectivity index (χ2v) is 8.38. The number of hydrogen-bond donors (Lipinski definition) is 0. The summed E-state index contributed by atoms with van der Waals surface area (Å²) >= 11 is 0. The van der Waals surface area contributed by atoms with Gasteiger partial charge in [0.25, 0.3) is 5.91 Å². The monoisotopic (exact) mass is 451 g/mol. The van der Waals surface area contributed by atoms with Crippen molar-refractivity contribution < 1.29 is 19.0 Å². The Kier molecular flexibility index (Phi) is 7.63. The molecule has 33 heavy (non-hydrogen) atoms. The van der Waals surface area contributed by atoms with Gasteiger partial charge in [-0.25, -0.2) is 0 Å². The summed E-state index contributed by atoms with van der Waals surface area (Å²) in [5.74, 6) is 2.27. The van der Waals surface area contributed by atoms with Crippen LogP contribution in [-0.4, -0.2) is 36.5 Å². The smallest absolute Gasteiger partial charge is 0.265 e. The maximum Gasteiger partial charge on any atom is 0.265 e. The minimum Gasteiger partial charge on any atom is -0.497 e. The standard InChI is InChI=1S/C26H33N3O4/c1-17(2)23-10-8-22(12-18(23)3)33-16-26(30)29(20-14-27-28(5)15-20)19(4)24-13-21(31-6)9-11-25(24)32-7/h8-15,17,19H,16H2,1-7H3. The fraction of sp³-hybridized carbons (Fsp3) is 0.385. The predicted molar refractivity (Wildman–Crippen MR) is 129 cm³/mol. The van der Waals surface area contributed by atoms with Crippen LogP contribution in [0, 0.1) is 6.92 Å². The highest BCUT2D eigenvalue weighted by molar-refractivity contribution is 5.95. The number of amides is 1. The van der Waals surface area contributed by atoms with E-state index in [9.17, 15) is 4.79 Å². The normalized spacial score (nSPS) is 11.9. The van der Waals surface area contributed by atoms with Crippen molar-refractivity contribution >= 4 is 11.6 Å². The molecule has 0 radical (unpaired) electrons. The zero-order chi connectivity index (χ0) is 24.1. The molecule has 0 bridgehead atoms. The highest BCUT2D eigenvalue weighted by Crippen LogP contribution is 2.35. The van der Waals surface area contributed by atoms with Crippen LogP contribution in [0.25, 0.3) is 0 Å². The summed E-state index contributed by atoms with van der Waals surface area (Å²) in [7, 11) is 5.04. The summed E-state index contributed by atoms with van der Waals surface area (Å²) in [6.07, 6.45) is 3.48. The Hall–Kier alpha value is -3.48. The van der Waals surface area contributed by atoms with Gasteiger partial charge in [0.2, 0.25) is 0 Å². The van der Waals surface area contributed by atoms with E-state index in [0.717, 1.165) is 11.1 Å². The van der Waals surface area contributed by atoms with Crippen LogP contribution in [-0.2, 0) is 11.8 Å². The number of benzene rings is 2. The Bertz CT molecular complexity index is 1110. The predicted octanol–water partition coefficient (Wildman–Crippen LogP) is 5.04. The second-order valence-electron chi connectivity index (χ2n) is 8.38. The van der Waals surface area contributed by atoms with Gasteiger partial charge < -0.3 is 14.2 Å². The van der Waals surface area contributed by atoms with Gasteiger partial charge in [0.1, 0.15) is 17.2 Å². The Labute approximate surface area is 195 Å². The topological polar surface area (TPSA) is 65.8 Å². The number of nitrogens with zero attached hydrogens (tertiary/aromatic N) is 3. The number of rotatable bonds is 9. The SMILES string of the molecule is COc1ccc(OC)c(C(C)N(C(=O)COc2ccc(C(C)C)c(C)c2)c2cnn(C)c2)c1. The van der Waals surface area contributed by atoms with Gasteiger partial charge in [-0.15, -0.1) is 0 Å². The van der Waals surface area contributed by atoms with Gasteiger partial charge in [0.05, 0.1) is 32.1 Å². The third-order valence-corrected chi connectivity index (χ3v) is 5.74. The average molecular weight is 452 g/mol. The number of methoxy groups -OCH3 is 2. The summed E-state index contributed by atoms with van der Waals surface area (Å²) in [5, 5.41) is 4.25. The number of anilines is 1. The van der Waals surface area contributed by atoms with Crippen LogP contribution in [0.4, 0.5) is 5.69 Å². The average Bonchev–Trinajstić information content (AvgIpc) is 3.22. The van der Waals surface area contributed by atoms with Crippen molar-refractivity contribution in [2.75, 3.05) is 25.7 Å². The lowest BCUT2D eigenvalue weighted by molar-refractivity contribution is -0.121. The minimum absolute atomic E-state index is 0.105. The van der Waals surface area contributed by atoms with E-state index in [0.29, 0.717) is 28.9 Å².